The van der Waals surface area contributed by atoms with Crippen molar-refractivity contribution >= 4 is 27.5 Å². The van der Waals surface area contributed by atoms with Crippen molar-refractivity contribution in [1.82, 2.24) is 9.21 Å². The quantitative estimate of drug-likeness (QED) is 0.824. The molecule has 1 fully saturated rings. The number of hydrogen-bond donors (Lipinski definition) is 0. The molecule has 0 aromatic heterocycles. The minimum Gasteiger partial charge on any atom is -0.343 e. The molecule has 1 aromatic rings. The van der Waals surface area contributed by atoms with Crippen molar-refractivity contribution in [1.29, 1.82) is 0 Å². The van der Waals surface area contributed by atoms with Crippen molar-refractivity contribution < 1.29 is 13.2 Å². The number of amides is 1. The fourth-order valence-corrected chi connectivity index (χ4v) is 4.72. The fourth-order valence-electron chi connectivity index (χ4n) is 2.63. The molecular formula is C15H21ClN2O3S. The number of carbonyl (C=O) groups is 1. The summed E-state index contributed by atoms with van der Waals surface area (Å²) in [6.45, 7) is 2.71. The van der Waals surface area contributed by atoms with Crippen LogP contribution in [0.5, 0.6) is 0 Å². The molecule has 1 heterocycles. The largest absolute Gasteiger partial charge is 0.343 e. The zero-order chi connectivity index (χ0) is 16.3. The topological polar surface area (TPSA) is 57.7 Å². The molecular weight excluding hydrogens is 324 g/mol. The van der Waals surface area contributed by atoms with Crippen LogP contribution in [0.2, 0.25) is 5.02 Å². The number of piperazine rings is 1. The van der Waals surface area contributed by atoms with Gasteiger partial charge in [0.05, 0.1) is 5.02 Å². The summed E-state index contributed by atoms with van der Waals surface area (Å²) in [6, 6.07) is 5.72. The van der Waals surface area contributed by atoms with Crippen molar-refractivity contribution in [3.63, 3.8) is 0 Å². The molecule has 1 aromatic carbocycles. The summed E-state index contributed by atoms with van der Waals surface area (Å²) in [5.41, 5.74) is 0. The van der Waals surface area contributed by atoms with Gasteiger partial charge in [-0.2, -0.15) is 4.31 Å². The van der Waals surface area contributed by atoms with Crippen LogP contribution < -0.4 is 0 Å². The first-order valence-corrected chi connectivity index (χ1v) is 9.22. The van der Waals surface area contributed by atoms with Crippen molar-refractivity contribution in [3.05, 3.63) is 29.3 Å². The highest BCUT2D eigenvalue weighted by Gasteiger charge is 2.40. The van der Waals surface area contributed by atoms with E-state index in [1.54, 1.807) is 30.1 Å². The second-order valence-corrected chi connectivity index (χ2v) is 7.73. The van der Waals surface area contributed by atoms with E-state index in [9.17, 15) is 13.2 Å². The summed E-state index contributed by atoms with van der Waals surface area (Å²) in [7, 11) is -2.07. The van der Waals surface area contributed by atoms with E-state index in [0.29, 0.717) is 19.5 Å². The van der Waals surface area contributed by atoms with Gasteiger partial charge in [0.2, 0.25) is 15.9 Å². The molecule has 0 spiro atoms. The maximum Gasteiger partial charge on any atom is 0.245 e. The van der Waals surface area contributed by atoms with E-state index in [4.69, 9.17) is 11.6 Å². The van der Waals surface area contributed by atoms with Gasteiger partial charge in [-0.25, -0.2) is 8.42 Å². The Morgan fingerprint density at radius 2 is 1.95 bits per heavy atom. The number of sulfonamides is 1. The maximum atomic E-state index is 12.9. The maximum absolute atomic E-state index is 12.9. The average molecular weight is 345 g/mol. The Morgan fingerprint density at radius 3 is 2.59 bits per heavy atom. The van der Waals surface area contributed by atoms with Gasteiger partial charge >= 0.3 is 0 Å². The summed E-state index contributed by atoms with van der Waals surface area (Å²) >= 11 is 6.04. The van der Waals surface area contributed by atoms with E-state index in [2.05, 4.69) is 0 Å². The van der Waals surface area contributed by atoms with E-state index in [0.717, 1.165) is 12.8 Å². The van der Waals surface area contributed by atoms with Crippen molar-refractivity contribution in [3.8, 4) is 0 Å². The van der Waals surface area contributed by atoms with Gasteiger partial charge in [0, 0.05) is 20.1 Å². The van der Waals surface area contributed by atoms with Gasteiger partial charge in [-0.3, -0.25) is 4.79 Å². The van der Waals surface area contributed by atoms with E-state index < -0.39 is 16.1 Å². The Labute approximate surface area is 136 Å². The molecule has 0 N–H and O–H groups in total. The number of halogens is 1. The molecule has 0 saturated carbocycles. The molecule has 2 rings (SSSR count). The first kappa shape index (κ1) is 17.2. The number of carbonyl (C=O) groups excluding carboxylic acids is 1. The minimum atomic E-state index is -3.77. The Morgan fingerprint density at radius 1 is 1.27 bits per heavy atom. The Kier molecular flexibility index (Phi) is 5.47. The van der Waals surface area contributed by atoms with Gasteiger partial charge in [0.25, 0.3) is 0 Å². The highest BCUT2D eigenvalue weighted by Crippen LogP contribution is 2.28. The summed E-state index contributed by atoms with van der Waals surface area (Å²) in [5.74, 6) is -0.143. The minimum absolute atomic E-state index is 0.0653. The SMILES string of the molecule is CCCC[C@H]1C(=O)N(C)CCN1S(=O)(=O)c1ccccc1Cl. The van der Waals surface area contributed by atoms with Crippen molar-refractivity contribution in [2.24, 2.45) is 0 Å². The molecule has 22 heavy (non-hydrogen) atoms. The van der Waals surface area contributed by atoms with Gasteiger partial charge in [0.1, 0.15) is 10.9 Å². The van der Waals surface area contributed by atoms with Crippen LogP contribution in [0.1, 0.15) is 26.2 Å². The first-order valence-electron chi connectivity index (χ1n) is 7.41. The third-order valence-electron chi connectivity index (χ3n) is 3.92. The van der Waals surface area contributed by atoms with Crippen LogP contribution in [0.3, 0.4) is 0 Å². The zero-order valence-corrected chi connectivity index (χ0v) is 14.4. The molecule has 0 bridgehead atoms. The fraction of sp³-hybridized carbons (Fsp3) is 0.533. The zero-order valence-electron chi connectivity index (χ0n) is 12.8. The van der Waals surface area contributed by atoms with Gasteiger partial charge in [-0.05, 0) is 18.6 Å². The number of hydrogen-bond acceptors (Lipinski definition) is 3. The normalized spacial score (nSPS) is 20.4. The summed E-state index contributed by atoms with van der Waals surface area (Å²) in [6.07, 6.45) is 2.25. The number of unbranched alkanes of at least 4 members (excludes halogenated alkanes) is 1. The lowest BCUT2D eigenvalue weighted by molar-refractivity contribution is -0.137. The number of rotatable bonds is 5. The van der Waals surface area contributed by atoms with Crippen LogP contribution in [-0.2, 0) is 14.8 Å². The number of benzene rings is 1. The second kappa shape index (κ2) is 6.98. The third kappa shape index (κ3) is 3.29. The predicted octanol–water partition coefficient (Wildman–Crippen LogP) is 2.36. The highest BCUT2D eigenvalue weighted by atomic mass is 35.5. The van der Waals surface area contributed by atoms with Crippen LogP contribution in [-0.4, -0.2) is 49.7 Å². The van der Waals surface area contributed by atoms with Crippen LogP contribution in [0.4, 0.5) is 0 Å². The van der Waals surface area contributed by atoms with Gasteiger partial charge in [-0.1, -0.05) is 43.5 Å². The lowest BCUT2D eigenvalue weighted by Crippen LogP contribution is -2.57. The summed E-state index contributed by atoms with van der Waals surface area (Å²) in [4.78, 5) is 14.1. The predicted molar refractivity (Wildman–Crippen MR) is 86.3 cm³/mol. The first-order chi connectivity index (χ1) is 10.4. The molecule has 1 amide bonds. The van der Waals surface area contributed by atoms with Crippen molar-refractivity contribution in [2.45, 2.75) is 37.1 Å². The Balaban J connectivity index is 2.39. The summed E-state index contributed by atoms with van der Waals surface area (Å²) < 4.78 is 27.1. The van der Waals surface area contributed by atoms with E-state index in [-0.39, 0.29) is 15.8 Å². The Bertz CT molecular complexity index is 648. The number of likely N-dealkylation sites (N-methyl/N-ethyl adjacent to an activating group) is 1. The van der Waals surface area contributed by atoms with Gasteiger partial charge in [-0.15, -0.1) is 0 Å². The smallest absolute Gasteiger partial charge is 0.245 e. The molecule has 5 nitrogen and oxygen atoms in total. The molecule has 1 atom stereocenters. The molecule has 1 saturated heterocycles. The van der Waals surface area contributed by atoms with E-state index >= 15 is 0 Å². The van der Waals surface area contributed by atoms with E-state index in [1.165, 1.54) is 10.4 Å². The molecule has 1 aliphatic rings. The number of nitrogens with zero attached hydrogens (tertiary/aromatic N) is 2. The molecule has 1 aliphatic heterocycles. The summed E-state index contributed by atoms with van der Waals surface area (Å²) in [5, 5.41) is 0.183. The third-order valence-corrected chi connectivity index (χ3v) is 6.33. The molecule has 7 heteroatoms. The molecule has 0 aliphatic carbocycles. The lowest BCUT2D eigenvalue weighted by atomic mass is 10.1. The van der Waals surface area contributed by atoms with Crippen LogP contribution >= 0.6 is 11.6 Å². The van der Waals surface area contributed by atoms with Crippen LogP contribution in [0.15, 0.2) is 29.2 Å². The molecule has 0 radical (unpaired) electrons. The van der Waals surface area contributed by atoms with Crippen LogP contribution in [0, 0.1) is 0 Å². The molecule has 0 unspecified atom stereocenters. The van der Waals surface area contributed by atoms with Gasteiger partial charge in [0.15, 0.2) is 0 Å². The molecule has 122 valence electrons. The van der Waals surface area contributed by atoms with Crippen molar-refractivity contribution in [2.75, 3.05) is 20.1 Å². The second-order valence-electron chi connectivity index (χ2n) is 5.46. The monoisotopic (exact) mass is 344 g/mol. The average Bonchev–Trinajstić information content (AvgIpc) is 2.48. The van der Waals surface area contributed by atoms with Crippen LogP contribution in [0.25, 0.3) is 0 Å². The van der Waals surface area contributed by atoms with E-state index in [1.807, 2.05) is 6.92 Å². The highest BCUT2D eigenvalue weighted by molar-refractivity contribution is 7.89. The Hall–Kier alpha value is -1.11. The lowest BCUT2D eigenvalue weighted by Gasteiger charge is -2.38. The standard InChI is InChI=1S/C15H21ClN2O3S/c1-3-4-8-13-15(19)17(2)10-11-18(13)22(20,21)14-9-6-5-7-12(14)16/h5-7,9,13H,3-4,8,10-11H2,1-2H3/t13-/m0/s1. The van der Waals surface area contributed by atoms with Gasteiger partial charge < -0.3 is 4.90 Å².